The van der Waals surface area contributed by atoms with Gasteiger partial charge in [-0.05, 0) is 73.2 Å². The van der Waals surface area contributed by atoms with Gasteiger partial charge in [0.05, 0.1) is 12.2 Å². The summed E-state index contributed by atoms with van der Waals surface area (Å²) in [7, 11) is 4.20. The fourth-order valence-corrected chi connectivity index (χ4v) is 6.70. The van der Waals surface area contributed by atoms with Crippen LogP contribution in [0.3, 0.4) is 0 Å². The van der Waals surface area contributed by atoms with Gasteiger partial charge in [0.25, 0.3) is 0 Å². The van der Waals surface area contributed by atoms with Crippen molar-refractivity contribution in [2.75, 3.05) is 23.9 Å². The Balaban J connectivity index is 1.45. The average Bonchev–Trinajstić information content (AvgIpc) is 3.09. The molecule has 4 heteroatoms. The molecular formula is C32H42N2O2. The SMILES string of the molecule is Cc1cc2c(cc1C)C(C)(C)C(=CC1C(O)C(C=C3N(C)c4cc(C)c(C)cc4C3(C)C)C1O)N2C. The minimum atomic E-state index is -0.618. The van der Waals surface area contributed by atoms with Crippen molar-refractivity contribution < 1.29 is 10.2 Å². The number of likely N-dealkylation sites (N-methyl/N-ethyl adjacent to an activating group) is 2. The molecule has 2 aromatic carbocycles. The molecule has 4 nitrogen and oxygen atoms in total. The highest BCUT2D eigenvalue weighted by Crippen LogP contribution is 2.52. The number of rotatable bonds is 2. The van der Waals surface area contributed by atoms with Crippen molar-refractivity contribution in [3.05, 3.63) is 81.2 Å². The molecule has 0 unspecified atom stereocenters. The Hall–Kier alpha value is -2.56. The molecule has 2 N–H and O–H groups in total. The van der Waals surface area contributed by atoms with Crippen LogP contribution in [0.25, 0.3) is 0 Å². The van der Waals surface area contributed by atoms with E-state index in [0.29, 0.717) is 0 Å². The molecule has 0 spiro atoms. The lowest BCUT2D eigenvalue weighted by Gasteiger charge is -2.45. The Morgan fingerprint density at radius 3 is 1.25 bits per heavy atom. The van der Waals surface area contributed by atoms with E-state index in [1.165, 1.54) is 44.8 Å². The van der Waals surface area contributed by atoms with Crippen LogP contribution in [0.1, 0.15) is 61.1 Å². The van der Waals surface area contributed by atoms with E-state index >= 15 is 0 Å². The molecule has 0 amide bonds. The summed E-state index contributed by atoms with van der Waals surface area (Å²) >= 11 is 0. The van der Waals surface area contributed by atoms with Crippen LogP contribution >= 0.6 is 0 Å². The molecule has 0 saturated heterocycles. The number of hydrogen-bond acceptors (Lipinski definition) is 4. The Morgan fingerprint density at radius 2 is 0.917 bits per heavy atom. The number of aliphatic hydroxyl groups excluding tert-OH is 2. The first-order chi connectivity index (χ1) is 16.7. The first-order valence-electron chi connectivity index (χ1n) is 13.2. The van der Waals surface area contributed by atoms with Gasteiger partial charge in [-0.3, -0.25) is 0 Å². The van der Waals surface area contributed by atoms with Crippen LogP contribution in [0.2, 0.25) is 0 Å². The van der Waals surface area contributed by atoms with E-state index in [1.54, 1.807) is 0 Å². The zero-order chi connectivity index (χ0) is 26.5. The Morgan fingerprint density at radius 1 is 0.611 bits per heavy atom. The molecule has 0 bridgehead atoms. The predicted octanol–water partition coefficient (Wildman–Crippen LogP) is 5.81. The lowest BCUT2D eigenvalue weighted by atomic mass is 9.66. The van der Waals surface area contributed by atoms with Gasteiger partial charge in [-0.15, -0.1) is 0 Å². The van der Waals surface area contributed by atoms with Gasteiger partial charge in [-0.25, -0.2) is 0 Å². The number of nitrogens with zero attached hydrogens (tertiary/aromatic N) is 2. The molecule has 1 aliphatic carbocycles. The van der Waals surface area contributed by atoms with Crippen LogP contribution in [0.5, 0.6) is 0 Å². The highest BCUT2D eigenvalue weighted by Gasteiger charge is 2.50. The number of anilines is 2. The van der Waals surface area contributed by atoms with Crippen LogP contribution in [0.4, 0.5) is 11.4 Å². The summed E-state index contributed by atoms with van der Waals surface area (Å²) in [6.45, 7) is 17.6. The molecule has 1 fully saturated rings. The number of benzene rings is 2. The lowest BCUT2D eigenvalue weighted by molar-refractivity contribution is -0.111. The number of hydrogen-bond donors (Lipinski definition) is 2. The van der Waals surface area contributed by atoms with Gasteiger partial charge < -0.3 is 20.0 Å². The van der Waals surface area contributed by atoms with E-state index in [1.807, 2.05) is 0 Å². The quantitative estimate of drug-likeness (QED) is 0.562. The van der Waals surface area contributed by atoms with Crippen molar-refractivity contribution in [3.8, 4) is 0 Å². The van der Waals surface area contributed by atoms with Crippen LogP contribution in [-0.2, 0) is 10.8 Å². The molecule has 3 aliphatic rings. The van der Waals surface area contributed by atoms with Crippen LogP contribution in [0, 0.1) is 39.5 Å². The maximum Gasteiger partial charge on any atom is 0.0716 e. The summed E-state index contributed by atoms with van der Waals surface area (Å²) in [5, 5.41) is 22.6. The summed E-state index contributed by atoms with van der Waals surface area (Å²) < 4.78 is 0. The van der Waals surface area contributed by atoms with Crippen molar-refractivity contribution in [2.45, 2.75) is 78.4 Å². The number of aliphatic hydroxyl groups is 2. The fourth-order valence-electron chi connectivity index (χ4n) is 6.70. The maximum atomic E-state index is 11.3. The molecule has 2 aromatic rings. The zero-order valence-corrected chi connectivity index (χ0v) is 23.6. The molecule has 192 valence electrons. The third-order valence-electron chi connectivity index (χ3n) is 9.57. The largest absolute Gasteiger partial charge is 0.392 e. The normalized spacial score (nSPS) is 30.1. The molecule has 2 heterocycles. The van der Waals surface area contributed by atoms with Crippen molar-refractivity contribution in [2.24, 2.45) is 11.8 Å². The van der Waals surface area contributed by atoms with Crippen molar-refractivity contribution >= 4 is 11.4 Å². The lowest BCUT2D eigenvalue weighted by Crippen LogP contribution is -2.54. The summed E-state index contributed by atoms with van der Waals surface area (Å²) in [6.07, 6.45) is 3.01. The van der Waals surface area contributed by atoms with Gasteiger partial charge in [0.15, 0.2) is 0 Å². The van der Waals surface area contributed by atoms with Gasteiger partial charge in [0.1, 0.15) is 0 Å². The Labute approximate surface area is 216 Å². The van der Waals surface area contributed by atoms with Crippen molar-refractivity contribution in [1.29, 1.82) is 0 Å². The number of fused-ring (bicyclic) bond motifs is 2. The standard InChI is InChI=1S/C32H42N2O2/c1-17-11-23-25(13-19(17)3)33(9)27(31(23,5)6)15-21-29(35)22(30(21)36)16-28-32(7,8)24-12-18(2)20(4)14-26(24)34(28)10/h11-16,21-22,29-30,35-36H,1-10H3. The van der Waals surface area contributed by atoms with Gasteiger partial charge in [0.2, 0.25) is 0 Å². The van der Waals surface area contributed by atoms with E-state index in [-0.39, 0.29) is 22.7 Å². The molecule has 0 aromatic heterocycles. The van der Waals surface area contributed by atoms with E-state index in [2.05, 4.69) is 116 Å². The molecule has 0 radical (unpaired) electrons. The molecule has 2 aliphatic heterocycles. The highest BCUT2D eigenvalue weighted by atomic mass is 16.3. The first kappa shape index (κ1) is 25.1. The van der Waals surface area contributed by atoms with Gasteiger partial charge >= 0.3 is 0 Å². The smallest absolute Gasteiger partial charge is 0.0716 e. The van der Waals surface area contributed by atoms with Crippen LogP contribution in [0.15, 0.2) is 47.8 Å². The second-order valence-electron chi connectivity index (χ2n) is 12.5. The van der Waals surface area contributed by atoms with E-state index in [9.17, 15) is 10.2 Å². The third-order valence-corrected chi connectivity index (χ3v) is 9.57. The summed E-state index contributed by atoms with van der Waals surface area (Å²) in [5.41, 5.74) is 12.1. The highest BCUT2D eigenvalue weighted by molar-refractivity contribution is 5.73. The minimum absolute atomic E-state index is 0.184. The molecule has 0 atom stereocenters. The summed E-state index contributed by atoms with van der Waals surface area (Å²) in [5.74, 6) is -0.580. The van der Waals surface area contributed by atoms with Gasteiger partial charge in [-0.1, -0.05) is 52.0 Å². The topological polar surface area (TPSA) is 46.9 Å². The van der Waals surface area contributed by atoms with Crippen LogP contribution in [-0.4, -0.2) is 36.5 Å². The van der Waals surface area contributed by atoms with E-state index in [4.69, 9.17) is 0 Å². The summed E-state index contributed by atoms with van der Waals surface area (Å²) in [4.78, 5) is 4.48. The molecule has 1 saturated carbocycles. The number of allylic oxidation sites excluding steroid dienone is 2. The molecule has 5 rings (SSSR count). The fraction of sp³-hybridized carbons (Fsp3) is 0.500. The predicted molar refractivity (Wildman–Crippen MR) is 150 cm³/mol. The second-order valence-corrected chi connectivity index (χ2v) is 12.5. The van der Waals surface area contributed by atoms with E-state index in [0.717, 1.165) is 11.4 Å². The molecular weight excluding hydrogens is 444 g/mol. The second kappa shape index (κ2) is 7.97. The third kappa shape index (κ3) is 3.34. The maximum absolute atomic E-state index is 11.3. The minimum Gasteiger partial charge on any atom is -0.392 e. The summed E-state index contributed by atoms with van der Waals surface area (Å²) in [6, 6.07) is 9.10. The Kier molecular flexibility index (Phi) is 5.56. The monoisotopic (exact) mass is 486 g/mol. The zero-order valence-electron chi connectivity index (χ0n) is 23.6. The van der Waals surface area contributed by atoms with Gasteiger partial charge in [-0.2, -0.15) is 0 Å². The first-order valence-corrected chi connectivity index (χ1v) is 13.2. The Bertz CT molecular complexity index is 1210. The van der Waals surface area contributed by atoms with Crippen LogP contribution < -0.4 is 9.80 Å². The average molecular weight is 487 g/mol. The van der Waals surface area contributed by atoms with Crippen molar-refractivity contribution in [3.63, 3.8) is 0 Å². The number of aryl methyl sites for hydroxylation is 4. The van der Waals surface area contributed by atoms with Gasteiger partial charge in [0, 0.05) is 59.5 Å². The van der Waals surface area contributed by atoms with Crippen molar-refractivity contribution in [1.82, 2.24) is 0 Å². The molecule has 36 heavy (non-hydrogen) atoms. The van der Waals surface area contributed by atoms with E-state index < -0.39 is 12.2 Å².